The SMILES string of the molecule is Cc1nc(Cl)c2cc(Br)cc(Cl)c2n1. The van der Waals surface area contributed by atoms with Crippen LogP contribution in [0, 0.1) is 6.92 Å². The molecule has 0 spiro atoms. The van der Waals surface area contributed by atoms with Gasteiger partial charge in [-0.15, -0.1) is 0 Å². The molecule has 2 aromatic rings. The Morgan fingerprint density at radius 1 is 1.21 bits per heavy atom. The third kappa shape index (κ3) is 1.72. The second-order valence-corrected chi connectivity index (χ2v) is 4.53. The molecule has 2 nitrogen and oxygen atoms in total. The molecule has 0 aliphatic carbocycles. The number of rotatable bonds is 0. The maximum absolute atomic E-state index is 6.03. The number of nitrogens with zero attached hydrogens (tertiary/aromatic N) is 2. The van der Waals surface area contributed by atoms with Gasteiger partial charge in [-0.1, -0.05) is 39.1 Å². The van der Waals surface area contributed by atoms with Crippen LogP contribution in [-0.4, -0.2) is 9.97 Å². The van der Waals surface area contributed by atoms with E-state index >= 15 is 0 Å². The number of benzene rings is 1. The van der Waals surface area contributed by atoms with E-state index in [0.717, 1.165) is 9.86 Å². The molecule has 0 radical (unpaired) electrons. The maximum atomic E-state index is 6.03. The summed E-state index contributed by atoms with van der Waals surface area (Å²) in [5.74, 6) is 0.617. The highest BCUT2D eigenvalue weighted by molar-refractivity contribution is 9.10. The van der Waals surface area contributed by atoms with E-state index in [4.69, 9.17) is 23.2 Å². The van der Waals surface area contributed by atoms with Crippen LogP contribution < -0.4 is 0 Å². The van der Waals surface area contributed by atoms with E-state index in [9.17, 15) is 0 Å². The van der Waals surface area contributed by atoms with Crippen molar-refractivity contribution in [1.29, 1.82) is 0 Å². The molecule has 0 aliphatic rings. The van der Waals surface area contributed by atoms with Crippen LogP contribution in [0.2, 0.25) is 10.2 Å². The second kappa shape index (κ2) is 3.65. The summed E-state index contributed by atoms with van der Waals surface area (Å²) >= 11 is 15.3. The van der Waals surface area contributed by atoms with E-state index in [1.807, 2.05) is 6.07 Å². The highest BCUT2D eigenvalue weighted by Gasteiger charge is 2.08. The molecule has 1 aromatic heterocycles. The Balaban J connectivity index is 2.94. The summed E-state index contributed by atoms with van der Waals surface area (Å²) in [6.07, 6.45) is 0. The molecule has 2 rings (SSSR count). The Morgan fingerprint density at radius 2 is 1.93 bits per heavy atom. The summed E-state index contributed by atoms with van der Waals surface area (Å²) in [5, 5.41) is 1.76. The van der Waals surface area contributed by atoms with Crippen molar-refractivity contribution < 1.29 is 0 Å². The van der Waals surface area contributed by atoms with Gasteiger partial charge in [0.15, 0.2) is 0 Å². The normalized spacial score (nSPS) is 10.9. The number of hydrogen-bond acceptors (Lipinski definition) is 2. The van der Waals surface area contributed by atoms with Crippen molar-refractivity contribution in [2.75, 3.05) is 0 Å². The van der Waals surface area contributed by atoms with E-state index in [1.54, 1.807) is 13.0 Å². The predicted molar refractivity (Wildman–Crippen MR) is 62.0 cm³/mol. The van der Waals surface area contributed by atoms with Gasteiger partial charge in [-0.2, -0.15) is 0 Å². The lowest BCUT2D eigenvalue weighted by Crippen LogP contribution is -1.91. The van der Waals surface area contributed by atoms with Gasteiger partial charge in [0.2, 0.25) is 0 Å². The summed E-state index contributed by atoms with van der Waals surface area (Å²) in [7, 11) is 0. The summed E-state index contributed by atoms with van der Waals surface area (Å²) in [5.41, 5.74) is 0.687. The number of halogens is 3. The Hall–Kier alpha value is -0.380. The van der Waals surface area contributed by atoms with Crippen LogP contribution in [0.4, 0.5) is 0 Å². The van der Waals surface area contributed by atoms with E-state index in [0.29, 0.717) is 21.5 Å². The second-order valence-electron chi connectivity index (χ2n) is 2.85. The van der Waals surface area contributed by atoms with Crippen molar-refractivity contribution in [1.82, 2.24) is 9.97 Å². The molecule has 1 heterocycles. The fourth-order valence-corrected chi connectivity index (χ4v) is 2.34. The van der Waals surface area contributed by atoms with Gasteiger partial charge in [0.25, 0.3) is 0 Å². The average Bonchev–Trinajstić information content (AvgIpc) is 2.07. The van der Waals surface area contributed by atoms with Crippen LogP contribution in [-0.2, 0) is 0 Å². The zero-order chi connectivity index (χ0) is 10.3. The lowest BCUT2D eigenvalue weighted by molar-refractivity contribution is 1.09. The molecule has 0 amide bonds. The first-order valence-corrected chi connectivity index (χ1v) is 5.42. The van der Waals surface area contributed by atoms with Crippen LogP contribution >= 0.6 is 39.1 Å². The van der Waals surface area contributed by atoms with E-state index in [1.165, 1.54) is 0 Å². The van der Waals surface area contributed by atoms with Crippen molar-refractivity contribution >= 4 is 50.0 Å². The van der Waals surface area contributed by atoms with Gasteiger partial charge in [0, 0.05) is 9.86 Å². The van der Waals surface area contributed by atoms with Gasteiger partial charge >= 0.3 is 0 Å². The minimum atomic E-state index is 0.427. The van der Waals surface area contributed by atoms with Gasteiger partial charge in [0.05, 0.1) is 10.5 Å². The molecule has 0 atom stereocenters. The molecule has 0 saturated heterocycles. The third-order valence-corrected chi connectivity index (χ3v) is 2.82. The molecule has 72 valence electrons. The lowest BCUT2D eigenvalue weighted by atomic mass is 10.2. The lowest BCUT2D eigenvalue weighted by Gasteiger charge is -2.03. The fourth-order valence-electron chi connectivity index (χ4n) is 1.23. The fraction of sp³-hybridized carbons (Fsp3) is 0.111. The molecular formula is C9H5BrCl2N2. The number of aromatic nitrogens is 2. The molecule has 0 fully saturated rings. The zero-order valence-electron chi connectivity index (χ0n) is 7.18. The van der Waals surface area contributed by atoms with Gasteiger partial charge in [0.1, 0.15) is 11.0 Å². The summed E-state index contributed by atoms with van der Waals surface area (Å²) in [4.78, 5) is 8.29. The minimum absolute atomic E-state index is 0.427. The predicted octanol–water partition coefficient (Wildman–Crippen LogP) is 4.01. The minimum Gasteiger partial charge on any atom is -0.232 e. The summed E-state index contributed by atoms with van der Waals surface area (Å²) < 4.78 is 0.865. The molecule has 0 N–H and O–H groups in total. The van der Waals surface area contributed by atoms with Crippen molar-refractivity contribution in [2.45, 2.75) is 6.92 Å². The van der Waals surface area contributed by atoms with Gasteiger partial charge in [-0.3, -0.25) is 0 Å². The van der Waals surface area contributed by atoms with Crippen LogP contribution in [0.25, 0.3) is 10.9 Å². The average molecular weight is 292 g/mol. The van der Waals surface area contributed by atoms with Gasteiger partial charge in [-0.05, 0) is 19.1 Å². The van der Waals surface area contributed by atoms with E-state index in [-0.39, 0.29) is 0 Å². The van der Waals surface area contributed by atoms with Crippen LogP contribution in [0.3, 0.4) is 0 Å². The third-order valence-electron chi connectivity index (χ3n) is 1.78. The molecule has 1 aromatic carbocycles. The Morgan fingerprint density at radius 3 is 2.64 bits per heavy atom. The first kappa shape index (κ1) is 10.1. The molecule has 0 unspecified atom stereocenters. The zero-order valence-corrected chi connectivity index (χ0v) is 10.3. The van der Waals surface area contributed by atoms with Crippen molar-refractivity contribution in [3.05, 3.63) is 32.6 Å². The molecule has 5 heteroatoms. The van der Waals surface area contributed by atoms with E-state index in [2.05, 4.69) is 25.9 Å². The molecule has 14 heavy (non-hydrogen) atoms. The van der Waals surface area contributed by atoms with E-state index < -0.39 is 0 Å². The molecule has 0 aliphatic heterocycles. The summed E-state index contributed by atoms with van der Waals surface area (Å²) in [6.45, 7) is 1.78. The van der Waals surface area contributed by atoms with Gasteiger partial charge < -0.3 is 0 Å². The number of fused-ring (bicyclic) bond motifs is 1. The van der Waals surface area contributed by atoms with Crippen LogP contribution in [0.5, 0.6) is 0 Å². The first-order valence-electron chi connectivity index (χ1n) is 3.87. The van der Waals surface area contributed by atoms with Crippen molar-refractivity contribution in [2.24, 2.45) is 0 Å². The van der Waals surface area contributed by atoms with Crippen molar-refractivity contribution in [3.63, 3.8) is 0 Å². The Bertz CT molecular complexity index is 466. The molecule has 0 bridgehead atoms. The first-order chi connectivity index (χ1) is 6.58. The number of aryl methyl sites for hydroxylation is 1. The highest BCUT2D eigenvalue weighted by atomic mass is 79.9. The quantitative estimate of drug-likeness (QED) is 0.686. The molecular weight excluding hydrogens is 287 g/mol. The Labute approximate surface area is 99.4 Å². The maximum Gasteiger partial charge on any atom is 0.140 e. The Kier molecular flexibility index (Phi) is 2.64. The van der Waals surface area contributed by atoms with Gasteiger partial charge in [-0.25, -0.2) is 9.97 Å². The number of hydrogen-bond donors (Lipinski definition) is 0. The largest absolute Gasteiger partial charge is 0.232 e. The smallest absolute Gasteiger partial charge is 0.140 e. The molecule has 0 saturated carbocycles. The highest BCUT2D eigenvalue weighted by Crippen LogP contribution is 2.30. The van der Waals surface area contributed by atoms with Crippen LogP contribution in [0.15, 0.2) is 16.6 Å². The van der Waals surface area contributed by atoms with Crippen molar-refractivity contribution in [3.8, 4) is 0 Å². The standard InChI is InChI=1S/C9H5BrCl2N2/c1-4-13-8-6(9(12)14-4)2-5(10)3-7(8)11/h2-3H,1H3. The topological polar surface area (TPSA) is 25.8 Å². The summed E-state index contributed by atoms with van der Waals surface area (Å²) in [6, 6.07) is 3.63. The monoisotopic (exact) mass is 290 g/mol. The van der Waals surface area contributed by atoms with Crippen LogP contribution in [0.1, 0.15) is 5.82 Å².